The van der Waals surface area contributed by atoms with Gasteiger partial charge >= 0.3 is 0 Å². The molecule has 4 nitrogen and oxygen atoms in total. The molecule has 0 radical (unpaired) electrons. The van der Waals surface area contributed by atoms with E-state index >= 15 is 0 Å². The Bertz CT molecular complexity index is 592. The maximum atomic E-state index is 12.7. The minimum Gasteiger partial charge on any atom is -0.398 e. The number of benzene rings is 1. The zero-order chi connectivity index (χ0) is 14.2. The number of anilines is 1. The van der Waals surface area contributed by atoms with Crippen LogP contribution in [0.4, 0.5) is 5.69 Å². The summed E-state index contributed by atoms with van der Waals surface area (Å²) in [7, 11) is -3.56. The third kappa shape index (κ3) is 2.91. The van der Waals surface area contributed by atoms with Crippen LogP contribution < -0.4 is 5.73 Å². The van der Waals surface area contributed by atoms with Crippen LogP contribution in [0.3, 0.4) is 0 Å². The zero-order valence-electron chi connectivity index (χ0n) is 10.6. The average Bonchev–Trinajstić information content (AvgIpc) is 2.34. The van der Waals surface area contributed by atoms with E-state index in [-0.39, 0.29) is 10.9 Å². The highest BCUT2D eigenvalue weighted by Gasteiger charge is 2.32. The number of rotatable bonds is 2. The second kappa shape index (κ2) is 5.60. The Morgan fingerprint density at radius 1 is 1.42 bits per heavy atom. The van der Waals surface area contributed by atoms with Crippen molar-refractivity contribution in [1.29, 1.82) is 0 Å². The van der Waals surface area contributed by atoms with E-state index in [0.29, 0.717) is 21.7 Å². The van der Waals surface area contributed by atoms with Crippen molar-refractivity contribution >= 4 is 43.2 Å². The average molecular weight is 368 g/mol. The smallest absolute Gasteiger partial charge is 0.244 e. The monoisotopic (exact) mass is 366 g/mol. The van der Waals surface area contributed by atoms with Gasteiger partial charge in [-0.3, -0.25) is 0 Å². The predicted molar refractivity (Wildman–Crippen MR) is 80.8 cm³/mol. The first-order valence-corrected chi connectivity index (χ1v) is 8.71. The molecule has 0 spiro atoms. The van der Waals surface area contributed by atoms with Crippen LogP contribution in [-0.2, 0) is 10.0 Å². The molecule has 0 saturated carbocycles. The predicted octanol–water partition coefficient (Wildman–Crippen LogP) is 3.25. The fourth-order valence-corrected chi connectivity index (χ4v) is 5.28. The van der Waals surface area contributed by atoms with Crippen molar-refractivity contribution in [2.45, 2.75) is 37.1 Å². The molecule has 1 atom stereocenters. The quantitative estimate of drug-likeness (QED) is 0.816. The van der Waals surface area contributed by atoms with Crippen molar-refractivity contribution in [2.75, 3.05) is 12.3 Å². The maximum Gasteiger partial charge on any atom is 0.244 e. The summed E-state index contributed by atoms with van der Waals surface area (Å²) in [4.78, 5) is 0.145. The van der Waals surface area contributed by atoms with E-state index in [2.05, 4.69) is 15.9 Å². The third-order valence-electron chi connectivity index (χ3n) is 3.36. The fraction of sp³-hybridized carbons (Fsp3) is 0.500. The molecule has 2 N–H and O–H groups in total. The molecule has 1 aromatic carbocycles. The first kappa shape index (κ1) is 15.1. The summed E-state index contributed by atoms with van der Waals surface area (Å²) in [6.45, 7) is 2.47. The van der Waals surface area contributed by atoms with Crippen LogP contribution in [0.15, 0.2) is 21.5 Å². The Kier molecular flexibility index (Phi) is 4.45. The van der Waals surface area contributed by atoms with E-state index in [1.807, 2.05) is 6.92 Å². The number of nitrogens with two attached hydrogens (primary N) is 1. The van der Waals surface area contributed by atoms with E-state index in [9.17, 15) is 8.42 Å². The summed E-state index contributed by atoms with van der Waals surface area (Å²) in [6.07, 6.45) is 2.83. The van der Waals surface area contributed by atoms with Gasteiger partial charge in [-0.05, 0) is 47.8 Å². The highest BCUT2D eigenvalue weighted by molar-refractivity contribution is 9.10. The number of hydrogen-bond donors (Lipinski definition) is 1. The lowest BCUT2D eigenvalue weighted by Crippen LogP contribution is -2.42. The summed E-state index contributed by atoms with van der Waals surface area (Å²) < 4.78 is 27.3. The van der Waals surface area contributed by atoms with E-state index in [1.165, 1.54) is 16.4 Å². The van der Waals surface area contributed by atoms with E-state index in [4.69, 9.17) is 17.3 Å². The normalized spacial score (nSPS) is 21.5. The molecular formula is C12H16BrClN2O2S. The van der Waals surface area contributed by atoms with Gasteiger partial charge in [0.1, 0.15) is 0 Å². The van der Waals surface area contributed by atoms with E-state index < -0.39 is 10.0 Å². The number of sulfonamides is 1. The van der Waals surface area contributed by atoms with Crippen molar-refractivity contribution in [1.82, 2.24) is 4.31 Å². The zero-order valence-corrected chi connectivity index (χ0v) is 13.7. The molecule has 0 bridgehead atoms. The van der Waals surface area contributed by atoms with Crippen molar-refractivity contribution in [2.24, 2.45) is 0 Å². The Morgan fingerprint density at radius 3 is 2.74 bits per heavy atom. The molecule has 19 heavy (non-hydrogen) atoms. The van der Waals surface area contributed by atoms with Gasteiger partial charge in [-0.25, -0.2) is 8.42 Å². The molecule has 0 aliphatic carbocycles. The van der Waals surface area contributed by atoms with Gasteiger partial charge in [-0.2, -0.15) is 4.31 Å². The van der Waals surface area contributed by atoms with Gasteiger partial charge in [0.05, 0.1) is 9.37 Å². The largest absolute Gasteiger partial charge is 0.398 e. The number of nitrogen functional groups attached to an aromatic ring is 1. The highest BCUT2D eigenvalue weighted by atomic mass is 79.9. The van der Waals surface area contributed by atoms with Crippen LogP contribution in [0.1, 0.15) is 26.2 Å². The van der Waals surface area contributed by atoms with Crippen LogP contribution >= 0.6 is 27.5 Å². The van der Waals surface area contributed by atoms with E-state index in [0.717, 1.165) is 19.3 Å². The minimum absolute atomic E-state index is 0.00542. The molecule has 0 aromatic heterocycles. The Labute approximate surface area is 127 Å². The molecule has 1 aliphatic rings. The van der Waals surface area contributed by atoms with Crippen molar-refractivity contribution in [3.05, 3.63) is 21.6 Å². The minimum atomic E-state index is -3.56. The van der Waals surface area contributed by atoms with Gasteiger partial charge in [0.15, 0.2) is 0 Å². The molecule has 0 amide bonds. The molecule has 1 heterocycles. The lowest BCUT2D eigenvalue weighted by molar-refractivity contribution is 0.268. The first-order chi connectivity index (χ1) is 8.84. The van der Waals surface area contributed by atoms with Gasteiger partial charge in [0, 0.05) is 23.3 Å². The number of halogens is 2. The third-order valence-corrected chi connectivity index (χ3v) is 6.76. The summed E-state index contributed by atoms with van der Waals surface area (Å²) in [5.41, 5.74) is 6.10. The lowest BCUT2D eigenvalue weighted by Gasteiger charge is -2.32. The van der Waals surface area contributed by atoms with Crippen LogP contribution in [0.25, 0.3) is 0 Å². The Balaban J connectivity index is 2.50. The molecule has 1 unspecified atom stereocenters. The van der Waals surface area contributed by atoms with Crippen LogP contribution in [0, 0.1) is 0 Å². The molecule has 1 aliphatic heterocycles. The molecular weight excluding hydrogens is 352 g/mol. The van der Waals surface area contributed by atoms with Crippen LogP contribution in [-0.4, -0.2) is 25.3 Å². The number of hydrogen-bond acceptors (Lipinski definition) is 3. The van der Waals surface area contributed by atoms with Crippen LogP contribution in [0.5, 0.6) is 0 Å². The van der Waals surface area contributed by atoms with Crippen LogP contribution in [0.2, 0.25) is 5.02 Å². The van der Waals surface area contributed by atoms with Gasteiger partial charge in [0.25, 0.3) is 0 Å². The highest BCUT2D eigenvalue weighted by Crippen LogP contribution is 2.35. The fourth-order valence-electron chi connectivity index (χ4n) is 2.33. The Hall–Kier alpha value is -0.300. The summed E-state index contributed by atoms with van der Waals surface area (Å²) in [6, 6.07) is 2.98. The van der Waals surface area contributed by atoms with Crippen molar-refractivity contribution in [3.8, 4) is 0 Å². The molecule has 106 valence electrons. The molecule has 2 rings (SSSR count). The topological polar surface area (TPSA) is 63.4 Å². The number of piperidine rings is 1. The second-order valence-electron chi connectivity index (χ2n) is 4.77. The second-order valence-corrected chi connectivity index (χ2v) is 7.86. The van der Waals surface area contributed by atoms with Gasteiger partial charge in [-0.1, -0.05) is 18.0 Å². The first-order valence-electron chi connectivity index (χ1n) is 6.10. The molecule has 7 heteroatoms. The van der Waals surface area contributed by atoms with E-state index in [1.54, 1.807) is 0 Å². The van der Waals surface area contributed by atoms with Gasteiger partial charge < -0.3 is 5.73 Å². The van der Waals surface area contributed by atoms with Crippen molar-refractivity contribution in [3.63, 3.8) is 0 Å². The Morgan fingerprint density at radius 2 is 2.11 bits per heavy atom. The van der Waals surface area contributed by atoms with Gasteiger partial charge in [0.2, 0.25) is 10.0 Å². The maximum absolute atomic E-state index is 12.7. The standard InChI is InChI=1S/C12H16BrClN2O2S/c1-8-4-2-3-5-16(8)19(17,18)11-7-9(14)6-10(15)12(11)13/h6-8H,2-5,15H2,1H3. The summed E-state index contributed by atoms with van der Waals surface area (Å²) >= 11 is 9.17. The van der Waals surface area contributed by atoms with Gasteiger partial charge in [-0.15, -0.1) is 0 Å². The summed E-state index contributed by atoms with van der Waals surface area (Å²) in [5.74, 6) is 0. The summed E-state index contributed by atoms with van der Waals surface area (Å²) in [5, 5.41) is 0.323. The molecule has 1 fully saturated rings. The lowest BCUT2D eigenvalue weighted by atomic mass is 10.1. The molecule has 1 saturated heterocycles. The van der Waals surface area contributed by atoms with Crippen molar-refractivity contribution < 1.29 is 8.42 Å². The number of nitrogens with zero attached hydrogens (tertiary/aromatic N) is 1. The molecule has 1 aromatic rings. The SMILES string of the molecule is CC1CCCCN1S(=O)(=O)c1cc(Cl)cc(N)c1Br.